The minimum absolute atomic E-state index is 0.207. The molecule has 1 amide bonds. The standard InChI is InChI=1S/C20H16N4O3S/c25-20(18-17-7-4-12-21-19(17)24-23-18)22-13-14-8-10-16(11-9-14)28(26,27)15-5-2-1-3-6-15/h1-12H,13H2,(H,22,25)(H,21,23,24). The van der Waals surface area contributed by atoms with Gasteiger partial charge in [-0.15, -0.1) is 0 Å². The third kappa shape index (κ3) is 3.37. The molecule has 0 atom stereocenters. The fourth-order valence-corrected chi connectivity index (χ4v) is 4.10. The van der Waals surface area contributed by atoms with E-state index in [9.17, 15) is 13.2 Å². The molecular weight excluding hydrogens is 376 g/mol. The quantitative estimate of drug-likeness (QED) is 0.543. The number of hydrogen-bond acceptors (Lipinski definition) is 5. The summed E-state index contributed by atoms with van der Waals surface area (Å²) >= 11 is 0. The summed E-state index contributed by atoms with van der Waals surface area (Å²) in [6.07, 6.45) is 1.62. The summed E-state index contributed by atoms with van der Waals surface area (Å²) in [4.78, 5) is 16.9. The molecule has 8 heteroatoms. The predicted molar refractivity (Wildman–Crippen MR) is 103 cm³/mol. The first-order valence-corrected chi connectivity index (χ1v) is 10.0. The van der Waals surface area contributed by atoms with E-state index in [2.05, 4.69) is 20.5 Å². The van der Waals surface area contributed by atoms with Crippen LogP contribution in [0, 0.1) is 0 Å². The van der Waals surface area contributed by atoms with Gasteiger partial charge in [0, 0.05) is 12.7 Å². The number of pyridine rings is 1. The van der Waals surface area contributed by atoms with Crippen LogP contribution in [0.25, 0.3) is 11.0 Å². The summed E-state index contributed by atoms with van der Waals surface area (Å²) < 4.78 is 25.2. The first kappa shape index (κ1) is 17.9. The largest absolute Gasteiger partial charge is 0.347 e. The van der Waals surface area contributed by atoms with Gasteiger partial charge in [0.05, 0.1) is 15.2 Å². The number of H-pyrrole nitrogens is 1. The van der Waals surface area contributed by atoms with E-state index in [1.54, 1.807) is 60.8 Å². The van der Waals surface area contributed by atoms with Gasteiger partial charge in [-0.3, -0.25) is 9.89 Å². The Hall–Kier alpha value is -3.52. The van der Waals surface area contributed by atoms with Crippen molar-refractivity contribution in [3.05, 3.63) is 84.2 Å². The topological polar surface area (TPSA) is 105 Å². The smallest absolute Gasteiger partial charge is 0.272 e. The summed E-state index contributed by atoms with van der Waals surface area (Å²) in [5.41, 5.74) is 1.59. The Bertz CT molecular complexity index is 1230. The van der Waals surface area contributed by atoms with Gasteiger partial charge in [-0.05, 0) is 42.0 Å². The van der Waals surface area contributed by atoms with Crippen molar-refractivity contribution in [2.24, 2.45) is 0 Å². The van der Waals surface area contributed by atoms with Gasteiger partial charge in [-0.1, -0.05) is 30.3 Å². The minimum atomic E-state index is -3.56. The highest BCUT2D eigenvalue weighted by Gasteiger charge is 2.17. The van der Waals surface area contributed by atoms with Gasteiger partial charge < -0.3 is 5.32 Å². The molecule has 0 unspecified atom stereocenters. The molecule has 0 aliphatic carbocycles. The molecule has 28 heavy (non-hydrogen) atoms. The lowest BCUT2D eigenvalue weighted by molar-refractivity contribution is 0.0947. The fourth-order valence-electron chi connectivity index (χ4n) is 2.82. The van der Waals surface area contributed by atoms with Crippen LogP contribution in [-0.2, 0) is 16.4 Å². The normalized spacial score (nSPS) is 11.4. The van der Waals surface area contributed by atoms with Crippen LogP contribution in [-0.4, -0.2) is 29.5 Å². The summed E-state index contributed by atoms with van der Waals surface area (Å²) in [5, 5.41) is 10.2. The molecule has 7 nitrogen and oxygen atoms in total. The second-order valence-corrected chi connectivity index (χ2v) is 8.06. The van der Waals surface area contributed by atoms with Crippen LogP contribution >= 0.6 is 0 Å². The Kier molecular flexibility index (Phi) is 4.62. The van der Waals surface area contributed by atoms with E-state index in [-0.39, 0.29) is 27.9 Å². The number of aromatic nitrogens is 3. The average molecular weight is 392 g/mol. The number of amides is 1. The van der Waals surface area contributed by atoms with Gasteiger partial charge in [0.2, 0.25) is 9.84 Å². The van der Waals surface area contributed by atoms with Crippen LogP contribution in [0.15, 0.2) is 82.7 Å². The van der Waals surface area contributed by atoms with Crippen molar-refractivity contribution in [2.75, 3.05) is 0 Å². The number of nitrogens with one attached hydrogen (secondary N) is 2. The Morgan fingerprint density at radius 3 is 2.39 bits per heavy atom. The summed E-state index contributed by atoms with van der Waals surface area (Å²) in [7, 11) is -3.56. The molecule has 0 radical (unpaired) electrons. The van der Waals surface area contributed by atoms with Crippen molar-refractivity contribution >= 4 is 26.8 Å². The second kappa shape index (κ2) is 7.24. The molecular formula is C20H16N4O3S. The van der Waals surface area contributed by atoms with E-state index in [4.69, 9.17) is 0 Å². The lowest BCUT2D eigenvalue weighted by atomic mass is 10.2. The Labute approximate surface area is 161 Å². The highest BCUT2D eigenvalue weighted by molar-refractivity contribution is 7.91. The summed E-state index contributed by atoms with van der Waals surface area (Å²) in [6.45, 7) is 0.249. The first-order chi connectivity index (χ1) is 13.6. The van der Waals surface area contributed by atoms with Crippen LogP contribution in [0.3, 0.4) is 0 Å². The van der Waals surface area contributed by atoms with E-state index in [1.165, 1.54) is 12.1 Å². The molecule has 0 bridgehead atoms. The minimum Gasteiger partial charge on any atom is -0.347 e. The molecule has 0 aliphatic rings. The highest BCUT2D eigenvalue weighted by Crippen LogP contribution is 2.21. The van der Waals surface area contributed by atoms with Crippen molar-refractivity contribution < 1.29 is 13.2 Å². The zero-order chi connectivity index (χ0) is 19.6. The number of fused-ring (bicyclic) bond motifs is 1. The van der Waals surface area contributed by atoms with Gasteiger partial charge in [-0.25, -0.2) is 13.4 Å². The van der Waals surface area contributed by atoms with Crippen LogP contribution in [0.4, 0.5) is 0 Å². The van der Waals surface area contributed by atoms with Crippen molar-refractivity contribution in [2.45, 2.75) is 16.3 Å². The van der Waals surface area contributed by atoms with E-state index in [0.717, 1.165) is 5.56 Å². The maximum absolute atomic E-state index is 12.6. The molecule has 0 spiro atoms. The monoisotopic (exact) mass is 392 g/mol. The average Bonchev–Trinajstić information content (AvgIpc) is 3.17. The van der Waals surface area contributed by atoms with Gasteiger partial charge >= 0.3 is 0 Å². The second-order valence-electron chi connectivity index (χ2n) is 6.11. The number of nitrogens with zero attached hydrogens (tertiary/aromatic N) is 2. The molecule has 0 saturated carbocycles. The van der Waals surface area contributed by atoms with Crippen LogP contribution in [0.2, 0.25) is 0 Å². The van der Waals surface area contributed by atoms with E-state index >= 15 is 0 Å². The first-order valence-electron chi connectivity index (χ1n) is 8.52. The number of carbonyl (C=O) groups is 1. The maximum atomic E-state index is 12.6. The SMILES string of the molecule is O=C(NCc1ccc(S(=O)(=O)c2ccccc2)cc1)c1n[nH]c2ncccc12. The van der Waals surface area contributed by atoms with E-state index in [1.807, 2.05) is 0 Å². The van der Waals surface area contributed by atoms with E-state index in [0.29, 0.717) is 11.0 Å². The van der Waals surface area contributed by atoms with Gasteiger partial charge in [0.25, 0.3) is 5.91 Å². The Morgan fingerprint density at radius 2 is 1.64 bits per heavy atom. The maximum Gasteiger partial charge on any atom is 0.272 e. The Morgan fingerprint density at radius 1 is 0.929 bits per heavy atom. The summed E-state index contributed by atoms with van der Waals surface area (Å²) in [6, 6.07) is 18.2. The molecule has 2 heterocycles. The van der Waals surface area contributed by atoms with Crippen LogP contribution < -0.4 is 5.32 Å². The van der Waals surface area contributed by atoms with E-state index < -0.39 is 9.84 Å². The fraction of sp³-hybridized carbons (Fsp3) is 0.0500. The van der Waals surface area contributed by atoms with Gasteiger partial charge in [-0.2, -0.15) is 5.10 Å². The van der Waals surface area contributed by atoms with Crippen molar-refractivity contribution in [3.63, 3.8) is 0 Å². The molecule has 0 saturated heterocycles. The third-order valence-electron chi connectivity index (χ3n) is 4.29. The molecule has 4 aromatic rings. The molecule has 0 fully saturated rings. The molecule has 4 rings (SSSR count). The third-order valence-corrected chi connectivity index (χ3v) is 6.08. The van der Waals surface area contributed by atoms with Crippen molar-refractivity contribution in [1.29, 1.82) is 0 Å². The molecule has 2 aromatic carbocycles. The molecule has 0 aliphatic heterocycles. The highest BCUT2D eigenvalue weighted by atomic mass is 32.2. The van der Waals surface area contributed by atoms with Gasteiger partial charge in [0.1, 0.15) is 0 Å². The number of benzene rings is 2. The molecule has 2 N–H and O–H groups in total. The number of aromatic amines is 1. The molecule has 140 valence electrons. The van der Waals surface area contributed by atoms with Crippen LogP contribution in [0.5, 0.6) is 0 Å². The zero-order valence-electron chi connectivity index (χ0n) is 14.7. The zero-order valence-corrected chi connectivity index (χ0v) is 15.5. The number of rotatable bonds is 5. The van der Waals surface area contributed by atoms with Crippen molar-refractivity contribution in [3.8, 4) is 0 Å². The van der Waals surface area contributed by atoms with Gasteiger partial charge in [0.15, 0.2) is 11.3 Å². The van der Waals surface area contributed by atoms with Crippen molar-refractivity contribution in [1.82, 2.24) is 20.5 Å². The lowest BCUT2D eigenvalue weighted by Gasteiger charge is -2.07. The number of carbonyl (C=O) groups excluding carboxylic acids is 1. The lowest BCUT2D eigenvalue weighted by Crippen LogP contribution is -2.23. The number of hydrogen-bond donors (Lipinski definition) is 2. The molecule has 2 aromatic heterocycles. The summed E-state index contributed by atoms with van der Waals surface area (Å²) in [5.74, 6) is -0.333. The number of sulfone groups is 1. The Balaban J connectivity index is 1.47. The predicted octanol–water partition coefficient (Wildman–Crippen LogP) is 2.72. The van der Waals surface area contributed by atoms with Crippen LogP contribution in [0.1, 0.15) is 16.1 Å².